The summed E-state index contributed by atoms with van der Waals surface area (Å²) in [6, 6.07) is 3.13. The van der Waals surface area contributed by atoms with Gasteiger partial charge >= 0.3 is 0 Å². The zero-order valence-electron chi connectivity index (χ0n) is 10.9. The lowest BCUT2D eigenvalue weighted by atomic mass is 10.0. The third-order valence-corrected chi connectivity index (χ3v) is 3.35. The Morgan fingerprint density at radius 1 is 1.37 bits per heavy atom. The number of rotatable bonds is 2. The third-order valence-electron chi connectivity index (χ3n) is 3.35. The number of carbonyl (C=O) groups excluding carboxylic acids is 2. The van der Waals surface area contributed by atoms with Crippen LogP contribution in [-0.4, -0.2) is 28.7 Å². The Kier molecular flexibility index (Phi) is 3.39. The average Bonchev–Trinajstić information content (AvgIpc) is 2.56. The van der Waals surface area contributed by atoms with E-state index in [1.165, 1.54) is 11.0 Å². The number of ketones is 1. The molecule has 0 aliphatic carbocycles. The molecule has 1 aromatic rings. The van der Waals surface area contributed by atoms with Crippen LogP contribution in [-0.2, 0) is 16.0 Å². The zero-order chi connectivity index (χ0) is 14.2. The van der Waals surface area contributed by atoms with Crippen molar-refractivity contribution in [2.75, 3.05) is 6.54 Å². The van der Waals surface area contributed by atoms with Crippen LogP contribution in [0.5, 0.6) is 0 Å². The molecule has 0 spiro atoms. The van der Waals surface area contributed by atoms with Crippen LogP contribution in [0.3, 0.4) is 0 Å². The summed E-state index contributed by atoms with van der Waals surface area (Å²) >= 11 is 0. The molecule has 1 fully saturated rings. The molecule has 3 nitrogen and oxygen atoms in total. The van der Waals surface area contributed by atoms with Gasteiger partial charge in [-0.1, -0.05) is 6.07 Å². The Hall–Kier alpha value is -1.78. The minimum absolute atomic E-state index is 0.00192. The summed E-state index contributed by atoms with van der Waals surface area (Å²) < 4.78 is 26.3. The highest BCUT2D eigenvalue weighted by Gasteiger charge is 2.40. The van der Waals surface area contributed by atoms with Crippen molar-refractivity contribution in [3.8, 4) is 0 Å². The second kappa shape index (κ2) is 4.72. The molecule has 0 atom stereocenters. The molecule has 0 saturated carbocycles. The number of carbonyl (C=O) groups is 2. The normalized spacial score (nSPS) is 17.9. The summed E-state index contributed by atoms with van der Waals surface area (Å²) in [5.74, 6) is -1.73. The molecule has 0 radical (unpaired) electrons. The predicted molar refractivity (Wildman–Crippen MR) is 65.5 cm³/mol. The highest BCUT2D eigenvalue weighted by Crippen LogP contribution is 2.27. The van der Waals surface area contributed by atoms with E-state index in [4.69, 9.17) is 0 Å². The number of benzene rings is 1. The van der Waals surface area contributed by atoms with Crippen LogP contribution < -0.4 is 0 Å². The van der Waals surface area contributed by atoms with Crippen molar-refractivity contribution in [3.05, 3.63) is 35.4 Å². The smallest absolute Gasteiger partial charge is 0.227 e. The summed E-state index contributed by atoms with van der Waals surface area (Å²) in [5, 5.41) is 0. The Labute approximate surface area is 110 Å². The molecule has 1 heterocycles. The number of likely N-dealkylation sites (tertiary alicyclic amines) is 1. The molecule has 1 amide bonds. The van der Waals surface area contributed by atoms with Gasteiger partial charge in [-0.05, 0) is 25.5 Å². The first-order valence-corrected chi connectivity index (χ1v) is 6.06. The quantitative estimate of drug-likeness (QED) is 0.822. The lowest BCUT2D eigenvalue weighted by molar-refractivity contribution is -0.134. The highest BCUT2D eigenvalue weighted by atomic mass is 19.1. The average molecular weight is 267 g/mol. The molecule has 19 heavy (non-hydrogen) atoms. The van der Waals surface area contributed by atoms with Crippen LogP contribution in [0, 0.1) is 11.6 Å². The Balaban J connectivity index is 2.15. The largest absolute Gasteiger partial charge is 0.330 e. The maximum absolute atomic E-state index is 13.5. The van der Waals surface area contributed by atoms with Gasteiger partial charge in [0.15, 0.2) is 5.78 Å². The summed E-state index contributed by atoms with van der Waals surface area (Å²) in [6.07, 6.45) is 0.146. The van der Waals surface area contributed by atoms with Gasteiger partial charge in [0, 0.05) is 18.0 Å². The van der Waals surface area contributed by atoms with Gasteiger partial charge in [-0.15, -0.1) is 0 Å². The second-order valence-corrected chi connectivity index (χ2v) is 5.42. The number of nitrogens with zero attached hydrogens (tertiary/aromatic N) is 1. The van der Waals surface area contributed by atoms with Crippen molar-refractivity contribution in [1.82, 2.24) is 4.90 Å². The third kappa shape index (κ3) is 2.80. The molecule has 0 bridgehead atoms. The van der Waals surface area contributed by atoms with E-state index in [0.29, 0.717) is 6.42 Å². The monoisotopic (exact) mass is 267 g/mol. The van der Waals surface area contributed by atoms with Crippen molar-refractivity contribution < 1.29 is 18.4 Å². The zero-order valence-corrected chi connectivity index (χ0v) is 10.9. The Morgan fingerprint density at radius 2 is 2.05 bits per heavy atom. The van der Waals surface area contributed by atoms with E-state index in [-0.39, 0.29) is 30.2 Å². The summed E-state index contributed by atoms with van der Waals surface area (Å²) in [6.45, 7) is 3.67. The van der Waals surface area contributed by atoms with E-state index >= 15 is 0 Å². The minimum atomic E-state index is -0.739. The van der Waals surface area contributed by atoms with Gasteiger partial charge < -0.3 is 4.90 Å². The van der Waals surface area contributed by atoms with Crippen LogP contribution in [0.2, 0.25) is 0 Å². The van der Waals surface area contributed by atoms with Crippen molar-refractivity contribution in [1.29, 1.82) is 0 Å². The fourth-order valence-electron chi connectivity index (χ4n) is 2.37. The van der Waals surface area contributed by atoms with E-state index < -0.39 is 17.2 Å². The molecule has 1 aliphatic rings. The van der Waals surface area contributed by atoms with Crippen LogP contribution >= 0.6 is 0 Å². The minimum Gasteiger partial charge on any atom is -0.330 e. The number of amides is 1. The van der Waals surface area contributed by atoms with E-state index in [9.17, 15) is 18.4 Å². The van der Waals surface area contributed by atoms with Gasteiger partial charge in [-0.3, -0.25) is 9.59 Å². The molecular formula is C14H15F2NO2. The van der Waals surface area contributed by atoms with Crippen LogP contribution in [0.4, 0.5) is 8.78 Å². The Bertz CT molecular complexity index is 540. The standard InChI is InChI=1S/C14H15F2NO2/c1-14(2)7-11(18)8-17(14)13(19)5-9-3-4-10(15)6-12(9)16/h3-4,6H,5,7-8H2,1-2H3. The van der Waals surface area contributed by atoms with Crippen molar-refractivity contribution in [3.63, 3.8) is 0 Å². The molecule has 2 rings (SSSR count). The van der Waals surface area contributed by atoms with Crippen molar-refractivity contribution in [2.24, 2.45) is 0 Å². The molecule has 0 N–H and O–H groups in total. The molecule has 1 saturated heterocycles. The van der Waals surface area contributed by atoms with E-state index in [1.54, 1.807) is 13.8 Å². The summed E-state index contributed by atoms with van der Waals surface area (Å²) in [7, 11) is 0. The molecule has 102 valence electrons. The van der Waals surface area contributed by atoms with Gasteiger partial charge in [0.1, 0.15) is 11.6 Å². The van der Waals surface area contributed by atoms with Crippen molar-refractivity contribution in [2.45, 2.75) is 32.2 Å². The summed E-state index contributed by atoms with van der Waals surface area (Å²) in [5.41, 5.74) is -0.397. The second-order valence-electron chi connectivity index (χ2n) is 5.42. The van der Waals surface area contributed by atoms with Crippen LogP contribution in [0.25, 0.3) is 0 Å². The molecular weight excluding hydrogens is 252 g/mol. The highest BCUT2D eigenvalue weighted by molar-refractivity contribution is 5.91. The molecule has 0 aromatic heterocycles. The van der Waals surface area contributed by atoms with E-state index in [1.807, 2.05) is 0 Å². The first kappa shape index (κ1) is 13.6. The number of halogens is 2. The van der Waals surface area contributed by atoms with Gasteiger partial charge in [-0.25, -0.2) is 8.78 Å². The lowest BCUT2D eigenvalue weighted by Gasteiger charge is -2.30. The van der Waals surface area contributed by atoms with Gasteiger partial charge in [0.2, 0.25) is 5.91 Å². The number of hydrogen-bond donors (Lipinski definition) is 0. The molecule has 1 aliphatic heterocycles. The van der Waals surface area contributed by atoms with Gasteiger partial charge in [0.25, 0.3) is 0 Å². The van der Waals surface area contributed by atoms with Gasteiger partial charge in [-0.2, -0.15) is 0 Å². The molecule has 5 heteroatoms. The summed E-state index contributed by atoms with van der Waals surface area (Å²) in [4.78, 5) is 25.0. The maximum Gasteiger partial charge on any atom is 0.227 e. The SMILES string of the molecule is CC1(C)CC(=O)CN1C(=O)Cc1ccc(F)cc1F. The first-order valence-electron chi connectivity index (χ1n) is 6.06. The number of Topliss-reactive ketones (excluding diaryl/α,β-unsaturated/α-hetero) is 1. The number of hydrogen-bond acceptors (Lipinski definition) is 2. The maximum atomic E-state index is 13.5. The fraction of sp³-hybridized carbons (Fsp3) is 0.429. The molecule has 0 unspecified atom stereocenters. The van der Waals surface area contributed by atoms with Gasteiger partial charge in [0.05, 0.1) is 13.0 Å². The van der Waals surface area contributed by atoms with E-state index in [0.717, 1.165) is 12.1 Å². The van der Waals surface area contributed by atoms with Crippen molar-refractivity contribution >= 4 is 11.7 Å². The predicted octanol–water partition coefficient (Wildman–Crippen LogP) is 2.09. The Morgan fingerprint density at radius 3 is 2.58 bits per heavy atom. The van der Waals surface area contributed by atoms with Crippen LogP contribution in [0.15, 0.2) is 18.2 Å². The van der Waals surface area contributed by atoms with Crippen LogP contribution in [0.1, 0.15) is 25.8 Å². The fourth-order valence-corrected chi connectivity index (χ4v) is 2.37. The molecule has 1 aromatic carbocycles. The van der Waals surface area contributed by atoms with E-state index in [2.05, 4.69) is 0 Å². The first-order chi connectivity index (χ1) is 8.79. The topological polar surface area (TPSA) is 37.4 Å². The lowest BCUT2D eigenvalue weighted by Crippen LogP contribution is -2.43.